The van der Waals surface area contributed by atoms with Gasteiger partial charge in [0.25, 0.3) is 0 Å². The number of para-hydroxylation sites is 2. The van der Waals surface area contributed by atoms with Crippen LogP contribution in [0, 0.1) is 5.41 Å². The maximum absolute atomic E-state index is 13.0. The first-order valence-corrected chi connectivity index (χ1v) is 9.20. The molecule has 1 aliphatic carbocycles. The van der Waals surface area contributed by atoms with Crippen LogP contribution in [0.25, 0.3) is 0 Å². The third-order valence-electron chi connectivity index (χ3n) is 5.29. The van der Waals surface area contributed by atoms with E-state index in [0.29, 0.717) is 24.0 Å². The van der Waals surface area contributed by atoms with E-state index in [4.69, 9.17) is 0 Å². The predicted molar refractivity (Wildman–Crippen MR) is 103 cm³/mol. The van der Waals surface area contributed by atoms with E-state index < -0.39 is 17.8 Å². The number of fused-ring (bicyclic) bond motifs is 1. The molecule has 4 rings (SSSR count). The second-order valence-electron chi connectivity index (χ2n) is 8.20. The summed E-state index contributed by atoms with van der Waals surface area (Å²) in [5.74, 6) is 0.0176. The Balaban J connectivity index is 1.83. The number of rotatable bonds is 1. The summed E-state index contributed by atoms with van der Waals surface area (Å²) in [6.07, 6.45) is -3.29. The van der Waals surface area contributed by atoms with E-state index >= 15 is 0 Å². The van der Waals surface area contributed by atoms with Crippen molar-refractivity contribution in [1.29, 1.82) is 0 Å². The summed E-state index contributed by atoms with van der Waals surface area (Å²) < 4.78 is 38.9. The second kappa shape index (κ2) is 6.40. The summed E-state index contributed by atoms with van der Waals surface area (Å²) in [6.45, 7) is 4.10. The number of ketones is 1. The Hall–Kier alpha value is -2.76. The number of anilines is 2. The average molecular weight is 386 g/mol. The van der Waals surface area contributed by atoms with Crippen LogP contribution < -0.4 is 10.6 Å². The van der Waals surface area contributed by atoms with Gasteiger partial charge in [0.15, 0.2) is 5.78 Å². The first-order valence-electron chi connectivity index (χ1n) is 9.20. The normalized spacial score (nSPS) is 21.2. The molecule has 0 aromatic heterocycles. The number of carbonyl (C=O) groups excluding carboxylic acids is 1. The highest BCUT2D eigenvalue weighted by Crippen LogP contribution is 2.45. The Morgan fingerprint density at radius 1 is 0.964 bits per heavy atom. The molecule has 0 fully saturated rings. The van der Waals surface area contributed by atoms with Crippen LogP contribution in [0.15, 0.2) is 59.8 Å². The summed E-state index contributed by atoms with van der Waals surface area (Å²) >= 11 is 0. The van der Waals surface area contributed by atoms with E-state index in [1.165, 1.54) is 12.1 Å². The van der Waals surface area contributed by atoms with Gasteiger partial charge in [-0.25, -0.2) is 0 Å². The van der Waals surface area contributed by atoms with Crippen molar-refractivity contribution in [2.75, 3.05) is 10.6 Å². The van der Waals surface area contributed by atoms with E-state index in [1.54, 1.807) is 0 Å². The topological polar surface area (TPSA) is 41.1 Å². The van der Waals surface area contributed by atoms with Crippen molar-refractivity contribution in [1.82, 2.24) is 0 Å². The minimum absolute atomic E-state index is 0.0176. The molecule has 0 saturated carbocycles. The van der Waals surface area contributed by atoms with E-state index in [-0.39, 0.29) is 11.2 Å². The summed E-state index contributed by atoms with van der Waals surface area (Å²) in [5.41, 5.74) is 2.87. The van der Waals surface area contributed by atoms with Crippen LogP contribution in [0.2, 0.25) is 0 Å². The number of hydrogen-bond donors (Lipinski definition) is 2. The van der Waals surface area contributed by atoms with Crippen molar-refractivity contribution in [3.8, 4) is 0 Å². The largest absolute Gasteiger partial charge is 0.416 e. The molecule has 0 spiro atoms. The van der Waals surface area contributed by atoms with Gasteiger partial charge in [0, 0.05) is 17.7 Å². The lowest BCUT2D eigenvalue weighted by atomic mass is 9.73. The molecule has 28 heavy (non-hydrogen) atoms. The summed E-state index contributed by atoms with van der Waals surface area (Å²) in [6, 6.07) is 12.1. The van der Waals surface area contributed by atoms with Crippen LogP contribution in [0.1, 0.15) is 43.9 Å². The van der Waals surface area contributed by atoms with Crippen molar-refractivity contribution in [2.45, 2.75) is 38.9 Å². The second-order valence-corrected chi connectivity index (χ2v) is 8.20. The zero-order chi connectivity index (χ0) is 20.1. The van der Waals surface area contributed by atoms with Crippen LogP contribution in [0.3, 0.4) is 0 Å². The highest BCUT2D eigenvalue weighted by atomic mass is 19.4. The highest BCUT2D eigenvalue weighted by Gasteiger charge is 2.39. The lowest BCUT2D eigenvalue weighted by Gasteiger charge is -2.34. The van der Waals surface area contributed by atoms with Gasteiger partial charge >= 0.3 is 6.18 Å². The van der Waals surface area contributed by atoms with Crippen LogP contribution in [0.5, 0.6) is 0 Å². The average Bonchev–Trinajstić information content (AvgIpc) is 2.76. The first kappa shape index (κ1) is 18.6. The molecule has 1 aliphatic heterocycles. The number of alkyl halides is 3. The number of allylic oxidation sites excluding steroid dienone is 1. The van der Waals surface area contributed by atoms with E-state index in [0.717, 1.165) is 29.2 Å². The highest BCUT2D eigenvalue weighted by molar-refractivity contribution is 6.01. The smallest absolute Gasteiger partial charge is 0.372 e. The third-order valence-corrected chi connectivity index (χ3v) is 5.29. The third kappa shape index (κ3) is 3.39. The maximum atomic E-state index is 13.0. The zero-order valence-corrected chi connectivity index (χ0v) is 15.7. The zero-order valence-electron chi connectivity index (χ0n) is 15.7. The molecule has 2 aromatic rings. The fourth-order valence-electron chi connectivity index (χ4n) is 4.00. The summed E-state index contributed by atoms with van der Waals surface area (Å²) in [7, 11) is 0. The molecule has 0 radical (unpaired) electrons. The minimum atomic E-state index is -4.39. The SMILES string of the molecule is CC1(C)CC(=O)C2=C(C1)Nc1ccccc1NC2c1ccc(C(F)(F)F)cc1. The van der Waals surface area contributed by atoms with Gasteiger partial charge in [-0.05, 0) is 41.7 Å². The van der Waals surface area contributed by atoms with Crippen molar-refractivity contribution in [3.05, 3.63) is 70.9 Å². The van der Waals surface area contributed by atoms with Crippen molar-refractivity contribution in [2.24, 2.45) is 5.41 Å². The molecule has 0 amide bonds. The Labute approximate surface area is 161 Å². The predicted octanol–water partition coefficient (Wildman–Crippen LogP) is 5.93. The van der Waals surface area contributed by atoms with Gasteiger partial charge in [0.1, 0.15) is 0 Å². The number of Topliss-reactive ketones (excluding diaryl/α,β-unsaturated/α-hetero) is 1. The van der Waals surface area contributed by atoms with Crippen molar-refractivity contribution < 1.29 is 18.0 Å². The Morgan fingerprint density at radius 3 is 2.25 bits per heavy atom. The lowest BCUT2D eigenvalue weighted by molar-refractivity contribution is -0.137. The molecule has 2 N–H and O–H groups in total. The van der Waals surface area contributed by atoms with Crippen molar-refractivity contribution >= 4 is 17.2 Å². The fraction of sp³-hybridized carbons (Fsp3) is 0.318. The quantitative estimate of drug-likeness (QED) is 0.638. The molecule has 3 nitrogen and oxygen atoms in total. The molecule has 1 unspecified atom stereocenters. The monoisotopic (exact) mass is 386 g/mol. The first-order chi connectivity index (χ1) is 13.1. The fourth-order valence-corrected chi connectivity index (χ4v) is 4.00. The molecular weight excluding hydrogens is 365 g/mol. The van der Waals surface area contributed by atoms with Crippen LogP contribution in [0.4, 0.5) is 24.5 Å². The van der Waals surface area contributed by atoms with Gasteiger partial charge in [0.05, 0.1) is 23.0 Å². The van der Waals surface area contributed by atoms with Crippen molar-refractivity contribution in [3.63, 3.8) is 0 Å². The van der Waals surface area contributed by atoms with Gasteiger partial charge in [0.2, 0.25) is 0 Å². The van der Waals surface area contributed by atoms with E-state index in [2.05, 4.69) is 10.6 Å². The minimum Gasteiger partial charge on any atom is -0.372 e. The van der Waals surface area contributed by atoms with E-state index in [1.807, 2.05) is 38.1 Å². The molecule has 1 atom stereocenters. The molecular formula is C22H21F3N2O. The van der Waals surface area contributed by atoms with Crippen LogP contribution in [-0.4, -0.2) is 5.78 Å². The van der Waals surface area contributed by atoms with E-state index in [9.17, 15) is 18.0 Å². The lowest BCUT2D eigenvalue weighted by Crippen LogP contribution is -2.31. The molecule has 2 aliphatic rings. The number of benzene rings is 2. The van der Waals surface area contributed by atoms with Gasteiger partial charge in [-0.15, -0.1) is 0 Å². The number of halogens is 3. The Bertz CT molecular complexity index is 958. The molecule has 6 heteroatoms. The Morgan fingerprint density at radius 2 is 1.61 bits per heavy atom. The van der Waals surface area contributed by atoms with Gasteiger partial charge in [-0.2, -0.15) is 13.2 Å². The van der Waals surface area contributed by atoms with Gasteiger partial charge < -0.3 is 10.6 Å². The van der Waals surface area contributed by atoms with Crippen LogP contribution >= 0.6 is 0 Å². The molecule has 0 saturated heterocycles. The molecule has 1 heterocycles. The molecule has 0 bridgehead atoms. The number of nitrogens with one attached hydrogen (secondary N) is 2. The van der Waals surface area contributed by atoms with Gasteiger partial charge in [-0.1, -0.05) is 38.1 Å². The summed E-state index contributed by atoms with van der Waals surface area (Å²) in [4.78, 5) is 13.0. The Kier molecular flexibility index (Phi) is 4.25. The standard InChI is InChI=1S/C22H21F3N2O/c1-21(2)11-17-19(18(28)12-21)20(27-16-6-4-3-5-15(16)26-17)13-7-9-14(10-8-13)22(23,24)25/h3-10,20,26-27H,11-12H2,1-2H3. The summed E-state index contributed by atoms with van der Waals surface area (Å²) in [5, 5.41) is 6.77. The maximum Gasteiger partial charge on any atom is 0.416 e. The molecule has 2 aromatic carbocycles. The number of carbonyl (C=O) groups is 1. The number of hydrogen-bond acceptors (Lipinski definition) is 3. The molecule has 146 valence electrons. The van der Waals surface area contributed by atoms with Crippen LogP contribution in [-0.2, 0) is 11.0 Å². The van der Waals surface area contributed by atoms with Gasteiger partial charge in [-0.3, -0.25) is 4.79 Å².